The third-order valence-corrected chi connectivity index (χ3v) is 4.54. The molecule has 30 heavy (non-hydrogen) atoms. The maximum absolute atomic E-state index is 12.2. The number of rotatable bonds is 6. The first-order chi connectivity index (χ1) is 14.3. The number of carbonyl (C=O) groups excluding carboxylic acids is 2. The summed E-state index contributed by atoms with van der Waals surface area (Å²) in [6.45, 7) is 7.37. The number of benzene rings is 2. The molecule has 1 heterocycles. The van der Waals surface area contributed by atoms with Crippen LogP contribution in [0.1, 0.15) is 34.0 Å². The van der Waals surface area contributed by atoms with Crippen LogP contribution >= 0.6 is 0 Å². The number of fused-ring (bicyclic) bond motifs is 1. The minimum Gasteiger partial charge on any atom is -0.482 e. The van der Waals surface area contributed by atoms with Gasteiger partial charge in [0.1, 0.15) is 22.6 Å². The first-order valence-corrected chi connectivity index (χ1v) is 9.45. The largest absolute Gasteiger partial charge is 0.482 e. The lowest BCUT2D eigenvalue weighted by Gasteiger charge is -2.12. The lowest BCUT2D eigenvalue weighted by Crippen LogP contribution is -2.18. The van der Waals surface area contributed by atoms with E-state index in [2.05, 4.69) is 0 Å². The van der Waals surface area contributed by atoms with Gasteiger partial charge in [0, 0.05) is 11.5 Å². The molecule has 156 valence electrons. The summed E-state index contributed by atoms with van der Waals surface area (Å²) in [6.07, 6.45) is 0. The summed E-state index contributed by atoms with van der Waals surface area (Å²) in [5.74, 6) is -0.526. The Hall–Kier alpha value is -3.61. The quantitative estimate of drug-likeness (QED) is 0.346. The molecule has 0 spiro atoms. The molecule has 0 bridgehead atoms. The number of hydrogen-bond donors (Lipinski definition) is 0. The highest BCUT2D eigenvalue weighted by Gasteiger charge is 2.16. The van der Waals surface area contributed by atoms with Crippen LogP contribution in [0.4, 0.5) is 0 Å². The summed E-state index contributed by atoms with van der Waals surface area (Å²) in [7, 11) is 0. The Kier molecular flexibility index (Phi) is 6.20. The number of esters is 2. The molecule has 0 unspecified atom stereocenters. The molecule has 0 saturated carbocycles. The zero-order valence-electron chi connectivity index (χ0n) is 17.2. The highest BCUT2D eigenvalue weighted by Crippen LogP contribution is 2.24. The molecule has 0 aliphatic carbocycles. The van der Waals surface area contributed by atoms with Crippen LogP contribution in [0.5, 0.6) is 11.5 Å². The van der Waals surface area contributed by atoms with Crippen LogP contribution in [0.25, 0.3) is 11.0 Å². The summed E-state index contributed by atoms with van der Waals surface area (Å²) in [6, 6.07) is 9.82. The van der Waals surface area contributed by atoms with Crippen LogP contribution in [-0.2, 0) is 9.53 Å². The number of ether oxygens (including phenoxy) is 3. The van der Waals surface area contributed by atoms with Crippen LogP contribution in [0.15, 0.2) is 45.6 Å². The first kappa shape index (κ1) is 21.1. The third kappa shape index (κ3) is 4.68. The summed E-state index contributed by atoms with van der Waals surface area (Å²) in [5, 5.41) is 0.500. The molecular formula is C23H22O7. The monoisotopic (exact) mass is 410 g/mol. The molecule has 7 heteroatoms. The van der Waals surface area contributed by atoms with Gasteiger partial charge >= 0.3 is 17.6 Å². The SMILES string of the molecule is CCOC(=O)c1cc2ccc(OC(=O)COc3cc(C)cc(C)c3C)cc2oc1=O. The van der Waals surface area contributed by atoms with Crippen molar-refractivity contribution in [3.63, 3.8) is 0 Å². The van der Waals surface area contributed by atoms with E-state index in [1.165, 1.54) is 18.2 Å². The molecule has 0 radical (unpaired) electrons. The maximum Gasteiger partial charge on any atom is 0.351 e. The number of carbonyl (C=O) groups is 2. The lowest BCUT2D eigenvalue weighted by molar-refractivity contribution is -0.136. The topological polar surface area (TPSA) is 92.0 Å². The zero-order chi connectivity index (χ0) is 21.8. The van der Waals surface area contributed by atoms with E-state index in [-0.39, 0.29) is 30.1 Å². The zero-order valence-corrected chi connectivity index (χ0v) is 17.2. The molecule has 0 atom stereocenters. The fourth-order valence-electron chi connectivity index (χ4n) is 2.95. The van der Waals surface area contributed by atoms with Crippen molar-refractivity contribution in [2.75, 3.05) is 13.2 Å². The summed E-state index contributed by atoms with van der Waals surface area (Å²) < 4.78 is 20.9. The molecule has 3 rings (SSSR count). The second kappa shape index (κ2) is 8.82. The Morgan fingerprint density at radius 3 is 2.53 bits per heavy atom. The molecule has 3 aromatic rings. The van der Waals surface area contributed by atoms with Gasteiger partial charge in [0.25, 0.3) is 0 Å². The fraction of sp³-hybridized carbons (Fsp3) is 0.261. The maximum atomic E-state index is 12.2. The van der Waals surface area contributed by atoms with Gasteiger partial charge in [0.15, 0.2) is 6.61 Å². The van der Waals surface area contributed by atoms with E-state index >= 15 is 0 Å². The Labute approximate surface area is 173 Å². The van der Waals surface area contributed by atoms with E-state index in [1.54, 1.807) is 13.0 Å². The standard InChI is InChI=1S/C23H22O7/c1-5-27-22(25)18-10-16-6-7-17(11-20(16)30-23(18)26)29-21(24)12-28-19-9-13(2)8-14(3)15(19)4/h6-11H,5,12H2,1-4H3. The number of aryl methyl sites for hydroxylation is 2. The number of hydrogen-bond acceptors (Lipinski definition) is 7. The van der Waals surface area contributed by atoms with E-state index < -0.39 is 17.6 Å². The molecule has 0 amide bonds. The fourth-order valence-corrected chi connectivity index (χ4v) is 2.95. The van der Waals surface area contributed by atoms with Crippen molar-refractivity contribution in [3.05, 3.63) is 69.1 Å². The van der Waals surface area contributed by atoms with Crippen LogP contribution in [0.3, 0.4) is 0 Å². The van der Waals surface area contributed by atoms with Gasteiger partial charge in [-0.2, -0.15) is 0 Å². The van der Waals surface area contributed by atoms with Gasteiger partial charge < -0.3 is 18.6 Å². The van der Waals surface area contributed by atoms with E-state index in [0.29, 0.717) is 11.1 Å². The van der Waals surface area contributed by atoms with Crippen LogP contribution in [0, 0.1) is 20.8 Å². The van der Waals surface area contributed by atoms with Crippen LogP contribution in [-0.4, -0.2) is 25.2 Å². The second-order valence-electron chi connectivity index (χ2n) is 6.84. The van der Waals surface area contributed by atoms with Gasteiger partial charge in [-0.15, -0.1) is 0 Å². The van der Waals surface area contributed by atoms with Crippen molar-refractivity contribution < 1.29 is 28.2 Å². The summed E-state index contributed by atoms with van der Waals surface area (Å²) >= 11 is 0. The predicted octanol–water partition coefficient (Wildman–Crippen LogP) is 3.88. The molecular weight excluding hydrogens is 388 g/mol. The Morgan fingerprint density at radius 2 is 1.80 bits per heavy atom. The average Bonchev–Trinajstić information content (AvgIpc) is 2.69. The summed E-state index contributed by atoms with van der Waals surface area (Å²) in [4.78, 5) is 36.0. The van der Waals surface area contributed by atoms with Crippen molar-refractivity contribution in [1.82, 2.24) is 0 Å². The lowest BCUT2D eigenvalue weighted by atomic mass is 10.1. The van der Waals surface area contributed by atoms with Crippen molar-refractivity contribution in [3.8, 4) is 11.5 Å². The van der Waals surface area contributed by atoms with Gasteiger partial charge in [0.2, 0.25) is 0 Å². The molecule has 0 aliphatic rings. The van der Waals surface area contributed by atoms with Crippen molar-refractivity contribution in [2.24, 2.45) is 0 Å². The smallest absolute Gasteiger partial charge is 0.351 e. The molecule has 1 aromatic heterocycles. The Bertz CT molecular complexity index is 1170. The van der Waals surface area contributed by atoms with Gasteiger partial charge in [-0.05, 0) is 68.7 Å². The van der Waals surface area contributed by atoms with E-state index in [0.717, 1.165) is 16.7 Å². The van der Waals surface area contributed by atoms with E-state index in [4.69, 9.17) is 18.6 Å². The van der Waals surface area contributed by atoms with Crippen molar-refractivity contribution in [2.45, 2.75) is 27.7 Å². The highest BCUT2D eigenvalue weighted by molar-refractivity contribution is 5.93. The molecule has 0 N–H and O–H groups in total. The molecule has 0 saturated heterocycles. The van der Waals surface area contributed by atoms with Crippen LogP contribution in [0.2, 0.25) is 0 Å². The highest BCUT2D eigenvalue weighted by atomic mass is 16.6. The average molecular weight is 410 g/mol. The van der Waals surface area contributed by atoms with Crippen LogP contribution < -0.4 is 15.1 Å². The molecule has 7 nitrogen and oxygen atoms in total. The molecule has 0 fully saturated rings. The van der Waals surface area contributed by atoms with Gasteiger partial charge in [-0.25, -0.2) is 14.4 Å². The molecule has 2 aromatic carbocycles. The minimum absolute atomic E-state index is 0.148. The van der Waals surface area contributed by atoms with Crippen molar-refractivity contribution in [1.29, 1.82) is 0 Å². The van der Waals surface area contributed by atoms with Crippen molar-refractivity contribution >= 4 is 22.9 Å². The van der Waals surface area contributed by atoms with E-state index in [9.17, 15) is 14.4 Å². The van der Waals surface area contributed by atoms with E-state index in [1.807, 2.05) is 32.9 Å². The third-order valence-electron chi connectivity index (χ3n) is 4.54. The first-order valence-electron chi connectivity index (χ1n) is 9.45. The Morgan fingerprint density at radius 1 is 1.03 bits per heavy atom. The van der Waals surface area contributed by atoms with Gasteiger partial charge in [-0.3, -0.25) is 0 Å². The minimum atomic E-state index is -0.821. The van der Waals surface area contributed by atoms with Gasteiger partial charge in [0.05, 0.1) is 6.61 Å². The Balaban J connectivity index is 1.73. The second-order valence-corrected chi connectivity index (χ2v) is 6.84. The van der Waals surface area contributed by atoms with Gasteiger partial charge in [-0.1, -0.05) is 6.07 Å². The summed E-state index contributed by atoms with van der Waals surface area (Å²) in [5.41, 5.74) is 2.24. The molecule has 0 aliphatic heterocycles. The predicted molar refractivity (Wildman–Crippen MR) is 110 cm³/mol. The normalized spacial score (nSPS) is 10.7.